The van der Waals surface area contributed by atoms with Crippen LogP contribution in [0.1, 0.15) is 23.5 Å². The number of aliphatic carboxylic acids is 1. The Morgan fingerprint density at radius 3 is 2.12 bits per heavy atom. The zero-order valence-corrected chi connectivity index (χ0v) is 14.4. The Bertz CT molecular complexity index is 706. The van der Waals surface area contributed by atoms with E-state index in [0.29, 0.717) is 6.42 Å². The Hall–Kier alpha value is -2.70. The molecule has 3 atom stereocenters. The number of hydrogen-bond donors (Lipinski definition) is 4. The van der Waals surface area contributed by atoms with Crippen LogP contribution in [0.5, 0.6) is 0 Å². The van der Waals surface area contributed by atoms with Crippen LogP contribution >= 0.6 is 0 Å². The van der Waals surface area contributed by atoms with E-state index in [1.54, 1.807) is 0 Å². The van der Waals surface area contributed by atoms with Gasteiger partial charge in [-0.05, 0) is 17.5 Å². The number of carboxylic acids is 1. The van der Waals surface area contributed by atoms with E-state index in [0.717, 1.165) is 11.1 Å². The quantitative estimate of drug-likeness (QED) is 0.541. The number of hydrogen-bond acceptors (Lipinski definition) is 4. The minimum absolute atomic E-state index is 0.176. The van der Waals surface area contributed by atoms with E-state index in [1.807, 2.05) is 60.7 Å². The van der Waals surface area contributed by atoms with Crippen LogP contribution in [0.2, 0.25) is 0 Å². The molecular formula is C20H24N2O4. The molecule has 2 aromatic carbocycles. The second-order valence-electron chi connectivity index (χ2n) is 6.21. The Morgan fingerprint density at radius 2 is 1.58 bits per heavy atom. The van der Waals surface area contributed by atoms with Gasteiger partial charge in [-0.15, -0.1) is 0 Å². The maximum absolute atomic E-state index is 12.2. The van der Waals surface area contributed by atoms with Crippen molar-refractivity contribution in [2.75, 3.05) is 6.61 Å². The molecule has 6 nitrogen and oxygen atoms in total. The third kappa shape index (κ3) is 5.68. The summed E-state index contributed by atoms with van der Waals surface area (Å²) in [6, 6.07) is 17.6. The maximum Gasteiger partial charge on any atom is 0.305 e. The predicted molar refractivity (Wildman–Crippen MR) is 98.6 cm³/mol. The number of nitrogens with two attached hydrogens (primary N) is 1. The smallest absolute Gasteiger partial charge is 0.305 e. The molecule has 0 saturated carbocycles. The Labute approximate surface area is 152 Å². The highest BCUT2D eigenvalue weighted by Gasteiger charge is 2.27. The fourth-order valence-electron chi connectivity index (χ4n) is 2.90. The van der Waals surface area contributed by atoms with E-state index in [1.165, 1.54) is 0 Å². The van der Waals surface area contributed by atoms with Crippen LogP contribution < -0.4 is 11.1 Å². The van der Waals surface area contributed by atoms with Crippen LogP contribution in [0.4, 0.5) is 0 Å². The van der Waals surface area contributed by atoms with Crippen molar-refractivity contribution >= 4 is 11.9 Å². The third-order valence-corrected chi connectivity index (χ3v) is 4.27. The van der Waals surface area contributed by atoms with Crippen LogP contribution in [0.15, 0.2) is 60.7 Å². The van der Waals surface area contributed by atoms with Gasteiger partial charge in [-0.2, -0.15) is 0 Å². The molecule has 0 aromatic heterocycles. The average molecular weight is 356 g/mol. The van der Waals surface area contributed by atoms with Crippen LogP contribution in [-0.2, 0) is 16.0 Å². The lowest BCUT2D eigenvalue weighted by Gasteiger charge is -2.28. The van der Waals surface area contributed by atoms with Crippen molar-refractivity contribution in [2.45, 2.75) is 30.8 Å². The first-order valence-electron chi connectivity index (χ1n) is 8.48. The summed E-state index contributed by atoms with van der Waals surface area (Å²) in [5.41, 5.74) is 7.69. The molecule has 0 aliphatic rings. The summed E-state index contributed by atoms with van der Waals surface area (Å²) in [6.45, 7) is -0.280. The van der Waals surface area contributed by atoms with Gasteiger partial charge in [0.15, 0.2) is 0 Å². The topological polar surface area (TPSA) is 113 Å². The molecule has 0 aliphatic carbocycles. The summed E-state index contributed by atoms with van der Waals surface area (Å²) < 4.78 is 0. The highest BCUT2D eigenvalue weighted by molar-refractivity contribution is 5.86. The summed E-state index contributed by atoms with van der Waals surface area (Å²) in [5.74, 6) is -1.90. The summed E-state index contributed by atoms with van der Waals surface area (Å²) in [5, 5.41) is 21.4. The number of carboxylic acid groups (broad SMARTS) is 1. The molecule has 6 heteroatoms. The first-order valence-corrected chi connectivity index (χ1v) is 8.48. The molecule has 0 saturated heterocycles. The van der Waals surface area contributed by atoms with Gasteiger partial charge in [0.25, 0.3) is 0 Å². The molecule has 0 heterocycles. The number of carbonyl (C=O) groups excluding carboxylic acids is 1. The molecule has 1 unspecified atom stereocenters. The van der Waals surface area contributed by atoms with Gasteiger partial charge in [0.05, 0.1) is 25.1 Å². The van der Waals surface area contributed by atoms with Crippen molar-refractivity contribution in [3.63, 3.8) is 0 Å². The lowest BCUT2D eigenvalue weighted by molar-refractivity contribution is -0.139. The average Bonchev–Trinajstić information content (AvgIpc) is 2.65. The molecule has 26 heavy (non-hydrogen) atoms. The highest BCUT2D eigenvalue weighted by Crippen LogP contribution is 2.24. The minimum Gasteiger partial charge on any atom is -0.481 e. The molecule has 2 aromatic rings. The minimum atomic E-state index is -1.16. The number of carbonyl (C=O) groups is 2. The van der Waals surface area contributed by atoms with Gasteiger partial charge in [-0.25, -0.2) is 0 Å². The summed E-state index contributed by atoms with van der Waals surface area (Å²) in [7, 11) is 0. The van der Waals surface area contributed by atoms with Gasteiger partial charge < -0.3 is 21.3 Å². The number of amides is 1. The SMILES string of the molecule is N[C@@H](CC(=O)O)C(=O)N[C@H](CO)C(Cc1ccccc1)c1ccccc1. The summed E-state index contributed by atoms with van der Waals surface area (Å²) in [4.78, 5) is 23.0. The van der Waals surface area contributed by atoms with Crippen molar-refractivity contribution in [1.82, 2.24) is 5.32 Å². The molecule has 2 rings (SSSR count). The molecule has 0 radical (unpaired) electrons. The second kappa shape index (κ2) is 9.70. The Kier molecular flexibility index (Phi) is 7.32. The van der Waals surface area contributed by atoms with E-state index in [9.17, 15) is 14.7 Å². The van der Waals surface area contributed by atoms with Gasteiger partial charge in [0, 0.05) is 5.92 Å². The van der Waals surface area contributed by atoms with Crippen molar-refractivity contribution in [2.24, 2.45) is 5.73 Å². The van der Waals surface area contributed by atoms with Crippen LogP contribution in [-0.4, -0.2) is 40.8 Å². The number of rotatable bonds is 9. The van der Waals surface area contributed by atoms with Gasteiger partial charge in [0.1, 0.15) is 0 Å². The maximum atomic E-state index is 12.2. The van der Waals surface area contributed by atoms with E-state index in [4.69, 9.17) is 10.8 Å². The van der Waals surface area contributed by atoms with Gasteiger partial charge in [0.2, 0.25) is 5.91 Å². The van der Waals surface area contributed by atoms with Crippen LogP contribution in [0, 0.1) is 0 Å². The first-order chi connectivity index (χ1) is 12.5. The third-order valence-electron chi connectivity index (χ3n) is 4.27. The monoisotopic (exact) mass is 356 g/mol. The normalized spacial score (nSPS) is 14.2. The van der Waals surface area contributed by atoms with E-state index >= 15 is 0 Å². The fourth-order valence-corrected chi connectivity index (χ4v) is 2.90. The van der Waals surface area contributed by atoms with Crippen molar-refractivity contribution in [1.29, 1.82) is 0 Å². The lowest BCUT2D eigenvalue weighted by Crippen LogP contribution is -2.50. The Morgan fingerprint density at radius 1 is 1.00 bits per heavy atom. The van der Waals surface area contributed by atoms with Crippen LogP contribution in [0.25, 0.3) is 0 Å². The Balaban J connectivity index is 2.21. The predicted octanol–water partition coefficient (Wildman–Crippen LogP) is 1.29. The standard InChI is InChI=1S/C20H24N2O4/c21-17(12-19(24)25)20(26)22-18(13-23)16(15-9-5-2-6-10-15)11-14-7-3-1-4-8-14/h1-10,16-18,23H,11-13,21H2,(H,22,26)(H,24,25)/t16?,17-,18+/m0/s1. The molecule has 1 amide bonds. The molecule has 138 valence electrons. The number of nitrogens with one attached hydrogen (secondary N) is 1. The molecule has 0 fully saturated rings. The number of benzene rings is 2. The molecule has 0 aliphatic heterocycles. The fraction of sp³-hybridized carbons (Fsp3) is 0.300. The molecule has 0 bridgehead atoms. The van der Waals surface area contributed by atoms with Crippen molar-refractivity contribution < 1.29 is 19.8 Å². The van der Waals surface area contributed by atoms with Gasteiger partial charge in [-0.3, -0.25) is 9.59 Å². The van der Waals surface area contributed by atoms with Crippen molar-refractivity contribution in [3.8, 4) is 0 Å². The molecule has 5 N–H and O–H groups in total. The first kappa shape index (κ1) is 19.6. The summed E-state index contributed by atoms with van der Waals surface area (Å²) in [6.07, 6.45) is 0.156. The molecule has 0 spiro atoms. The van der Waals surface area contributed by atoms with E-state index < -0.39 is 30.4 Å². The lowest BCUT2D eigenvalue weighted by atomic mass is 9.86. The van der Waals surface area contributed by atoms with Crippen LogP contribution in [0.3, 0.4) is 0 Å². The second-order valence-corrected chi connectivity index (χ2v) is 6.21. The zero-order valence-electron chi connectivity index (χ0n) is 14.4. The molecular weight excluding hydrogens is 332 g/mol. The summed E-state index contributed by atoms with van der Waals surface area (Å²) >= 11 is 0. The van der Waals surface area contributed by atoms with Gasteiger partial charge in [-0.1, -0.05) is 60.7 Å². The largest absolute Gasteiger partial charge is 0.481 e. The van der Waals surface area contributed by atoms with E-state index in [-0.39, 0.29) is 12.5 Å². The van der Waals surface area contributed by atoms with Gasteiger partial charge >= 0.3 is 5.97 Å². The number of aliphatic hydroxyl groups is 1. The zero-order chi connectivity index (χ0) is 18.9. The van der Waals surface area contributed by atoms with E-state index in [2.05, 4.69) is 5.32 Å². The van der Waals surface area contributed by atoms with Crippen molar-refractivity contribution in [3.05, 3.63) is 71.8 Å². The highest BCUT2D eigenvalue weighted by atomic mass is 16.4. The number of aliphatic hydroxyl groups excluding tert-OH is 1.